The molecule has 0 unspecified atom stereocenters. The molecule has 0 spiro atoms. The van der Waals surface area contributed by atoms with Gasteiger partial charge < -0.3 is 5.32 Å². The Morgan fingerprint density at radius 3 is 2.58 bits per heavy atom. The molecule has 1 aromatic heterocycles. The monoisotopic (exact) mass is 343 g/mol. The summed E-state index contributed by atoms with van der Waals surface area (Å²) in [6.07, 6.45) is 0.928. The molecule has 2 heterocycles. The van der Waals surface area contributed by atoms with Crippen molar-refractivity contribution in [2.24, 2.45) is 0 Å². The smallest absolute Gasteiger partial charge is 0.238 e. The Balaban J connectivity index is 1.44. The minimum atomic E-state index is 0.0854. The molecule has 1 saturated heterocycles. The molecule has 1 aromatic carbocycles. The van der Waals surface area contributed by atoms with Gasteiger partial charge in [0, 0.05) is 38.4 Å². The van der Waals surface area contributed by atoms with E-state index in [-0.39, 0.29) is 5.91 Å². The summed E-state index contributed by atoms with van der Waals surface area (Å²) >= 11 is 1.75. The summed E-state index contributed by atoms with van der Waals surface area (Å²) in [6.45, 7) is 7.55. The summed E-state index contributed by atoms with van der Waals surface area (Å²) in [4.78, 5) is 17.0. The second kappa shape index (κ2) is 8.42. The number of para-hydroxylation sites is 1. The fourth-order valence-corrected chi connectivity index (χ4v) is 3.75. The molecule has 24 heavy (non-hydrogen) atoms. The molecule has 2 aromatic rings. The molecule has 1 aliphatic rings. The lowest BCUT2D eigenvalue weighted by atomic mass is 10.1. The number of hydrogen-bond donors (Lipinski definition) is 1. The lowest BCUT2D eigenvalue weighted by Crippen LogP contribution is -2.48. The van der Waals surface area contributed by atoms with Gasteiger partial charge in [-0.25, -0.2) is 0 Å². The van der Waals surface area contributed by atoms with Crippen molar-refractivity contribution in [3.05, 3.63) is 52.2 Å². The van der Waals surface area contributed by atoms with Crippen molar-refractivity contribution >= 4 is 22.9 Å². The summed E-state index contributed by atoms with van der Waals surface area (Å²) in [5, 5.41) is 7.41. The molecule has 1 aliphatic heterocycles. The number of carbonyl (C=O) groups is 1. The number of benzene rings is 1. The minimum absolute atomic E-state index is 0.0854. The first-order valence-electron chi connectivity index (χ1n) is 8.58. The number of aryl methyl sites for hydroxylation is 1. The van der Waals surface area contributed by atoms with Crippen LogP contribution in [0.25, 0.3) is 0 Å². The van der Waals surface area contributed by atoms with Gasteiger partial charge >= 0.3 is 0 Å². The van der Waals surface area contributed by atoms with E-state index in [2.05, 4.69) is 44.9 Å². The molecule has 0 saturated carbocycles. The maximum Gasteiger partial charge on any atom is 0.238 e. The maximum absolute atomic E-state index is 12.3. The summed E-state index contributed by atoms with van der Waals surface area (Å²) in [6, 6.07) is 10.2. The van der Waals surface area contributed by atoms with E-state index >= 15 is 0 Å². The van der Waals surface area contributed by atoms with Crippen LogP contribution < -0.4 is 5.32 Å². The molecule has 4 nitrogen and oxygen atoms in total. The van der Waals surface area contributed by atoms with Crippen LogP contribution in [0.15, 0.2) is 41.1 Å². The number of anilines is 1. The van der Waals surface area contributed by atoms with Crippen LogP contribution in [-0.4, -0.2) is 48.4 Å². The zero-order chi connectivity index (χ0) is 16.8. The van der Waals surface area contributed by atoms with Crippen LogP contribution >= 0.6 is 11.3 Å². The van der Waals surface area contributed by atoms with E-state index in [1.807, 2.05) is 18.2 Å². The van der Waals surface area contributed by atoms with Crippen molar-refractivity contribution < 1.29 is 4.79 Å². The Bertz CT molecular complexity index is 648. The molecule has 1 fully saturated rings. The van der Waals surface area contributed by atoms with Crippen molar-refractivity contribution in [1.29, 1.82) is 0 Å². The van der Waals surface area contributed by atoms with Gasteiger partial charge in [0.25, 0.3) is 0 Å². The van der Waals surface area contributed by atoms with E-state index < -0.39 is 0 Å². The number of nitrogens with zero attached hydrogens (tertiary/aromatic N) is 2. The van der Waals surface area contributed by atoms with Crippen molar-refractivity contribution in [3.63, 3.8) is 0 Å². The molecular formula is C19H25N3OS. The number of piperazine rings is 1. The second-order valence-electron chi connectivity index (χ2n) is 6.24. The largest absolute Gasteiger partial charge is 0.325 e. The second-order valence-corrected chi connectivity index (χ2v) is 7.02. The van der Waals surface area contributed by atoms with E-state index in [9.17, 15) is 4.79 Å². The zero-order valence-electron chi connectivity index (χ0n) is 14.2. The molecule has 128 valence electrons. The molecule has 0 bridgehead atoms. The van der Waals surface area contributed by atoms with Gasteiger partial charge in [-0.15, -0.1) is 0 Å². The van der Waals surface area contributed by atoms with Gasteiger partial charge in [0.15, 0.2) is 0 Å². The molecule has 0 atom stereocenters. The van der Waals surface area contributed by atoms with Crippen molar-refractivity contribution in [2.45, 2.75) is 19.9 Å². The van der Waals surface area contributed by atoms with Crippen LogP contribution in [0.1, 0.15) is 18.1 Å². The van der Waals surface area contributed by atoms with Crippen LogP contribution in [0.3, 0.4) is 0 Å². The molecule has 3 rings (SSSR count). The minimum Gasteiger partial charge on any atom is -0.325 e. The molecule has 0 aliphatic carbocycles. The van der Waals surface area contributed by atoms with E-state index in [4.69, 9.17) is 0 Å². The maximum atomic E-state index is 12.3. The Kier molecular flexibility index (Phi) is 6.01. The average molecular weight is 343 g/mol. The number of amides is 1. The molecular weight excluding hydrogens is 318 g/mol. The highest BCUT2D eigenvalue weighted by atomic mass is 32.1. The van der Waals surface area contributed by atoms with E-state index in [0.29, 0.717) is 6.54 Å². The van der Waals surface area contributed by atoms with Crippen LogP contribution in [0.2, 0.25) is 0 Å². The summed E-state index contributed by atoms with van der Waals surface area (Å²) in [5.41, 5.74) is 3.52. The number of carbonyl (C=O) groups excluding carboxylic acids is 1. The summed E-state index contributed by atoms with van der Waals surface area (Å²) in [5.74, 6) is 0.0854. The van der Waals surface area contributed by atoms with E-state index in [0.717, 1.165) is 44.8 Å². The predicted octanol–water partition coefficient (Wildman–Crippen LogP) is 3.07. The number of thiophene rings is 1. The molecule has 5 heteroatoms. The van der Waals surface area contributed by atoms with Gasteiger partial charge in [-0.2, -0.15) is 11.3 Å². The van der Waals surface area contributed by atoms with Gasteiger partial charge in [-0.1, -0.05) is 25.1 Å². The van der Waals surface area contributed by atoms with Gasteiger partial charge in [0.1, 0.15) is 0 Å². The van der Waals surface area contributed by atoms with Crippen molar-refractivity contribution in [3.8, 4) is 0 Å². The summed E-state index contributed by atoms with van der Waals surface area (Å²) in [7, 11) is 0. The van der Waals surface area contributed by atoms with Crippen LogP contribution in [0, 0.1) is 0 Å². The van der Waals surface area contributed by atoms with Crippen molar-refractivity contribution in [1.82, 2.24) is 9.80 Å². The first-order chi connectivity index (χ1) is 11.7. The normalized spacial score (nSPS) is 16.2. The predicted molar refractivity (Wildman–Crippen MR) is 100 cm³/mol. The lowest BCUT2D eigenvalue weighted by molar-refractivity contribution is -0.117. The van der Waals surface area contributed by atoms with Gasteiger partial charge in [0.05, 0.1) is 6.54 Å². The van der Waals surface area contributed by atoms with Crippen LogP contribution in [0.5, 0.6) is 0 Å². The van der Waals surface area contributed by atoms with Gasteiger partial charge in [-0.3, -0.25) is 14.6 Å². The quantitative estimate of drug-likeness (QED) is 0.875. The highest BCUT2D eigenvalue weighted by Gasteiger charge is 2.19. The molecule has 1 N–H and O–H groups in total. The zero-order valence-corrected chi connectivity index (χ0v) is 15.0. The van der Waals surface area contributed by atoms with Crippen LogP contribution in [0.4, 0.5) is 5.69 Å². The Morgan fingerprint density at radius 2 is 1.88 bits per heavy atom. The topological polar surface area (TPSA) is 35.6 Å². The third kappa shape index (κ3) is 4.66. The standard InChI is InChI=1S/C19H25N3OS/c1-2-17-5-3-4-6-18(17)20-19(23)14-22-10-8-21(9-11-22)13-16-7-12-24-15-16/h3-7,12,15H,2,8-11,13-14H2,1H3,(H,20,23). The van der Waals surface area contributed by atoms with E-state index in [1.165, 1.54) is 11.1 Å². The SMILES string of the molecule is CCc1ccccc1NC(=O)CN1CCN(Cc2ccsc2)CC1. The highest BCUT2D eigenvalue weighted by Crippen LogP contribution is 2.16. The van der Waals surface area contributed by atoms with Gasteiger partial charge in [0.2, 0.25) is 5.91 Å². The summed E-state index contributed by atoms with van der Waals surface area (Å²) < 4.78 is 0. The third-order valence-electron chi connectivity index (χ3n) is 4.49. The molecule has 0 radical (unpaired) electrons. The number of nitrogens with one attached hydrogen (secondary N) is 1. The lowest BCUT2D eigenvalue weighted by Gasteiger charge is -2.34. The number of rotatable bonds is 6. The molecule has 1 amide bonds. The Hall–Kier alpha value is -1.69. The fourth-order valence-electron chi connectivity index (χ4n) is 3.09. The first-order valence-corrected chi connectivity index (χ1v) is 9.52. The Morgan fingerprint density at radius 1 is 1.12 bits per heavy atom. The van der Waals surface area contributed by atoms with Crippen LogP contribution in [-0.2, 0) is 17.8 Å². The van der Waals surface area contributed by atoms with Crippen molar-refractivity contribution in [2.75, 3.05) is 38.0 Å². The number of hydrogen-bond acceptors (Lipinski definition) is 4. The third-order valence-corrected chi connectivity index (χ3v) is 5.22. The van der Waals surface area contributed by atoms with E-state index in [1.54, 1.807) is 11.3 Å². The Labute approximate surface area is 148 Å². The average Bonchev–Trinajstić information content (AvgIpc) is 3.10. The van der Waals surface area contributed by atoms with Gasteiger partial charge in [-0.05, 0) is 40.4 Å². The highest BCUT2D eigenvalue weighted by molar-refractivity contribution is 7.07. The fraction of sp³-hybridized carbons (Fsp3) is 0.421. The first kappa shape index (κ1) is 17.1.